The topological polar surface area (TPSA) is 69.6 Å². The predicted molar refractivity (Wildman–Crippen MR) is 80.0 cm³/mol. The van der Waals surface area contributed by atoms with Crippen molar-refractivity contribution in [3.63, 3.8) is 0 Å². The number of amides is 2. The number of carbonyl (C=O) groups is 2. The standard InChI is InChI=1S/C14H20N2O3S/c1-11(13(17)18)10-16(2)14(19)15-8-9-20-12-6-4-3-5-7-12/h3-7,11H,8-10H2,1-2H3,(H,15,19)(H,17,18). The molecular weight excluding hydrogens is 276 g/mol. The molecule has 1 rings (SSSR count). The van der Waals surface area contributed by atoms with Crippen molar-refractivity contribution in [1.82, 2.24) is 10.2 Å². The maximum absolute atomic E-state index is 11.7. The molecule has 1 atom stereocenters. The number of aliphatic carboxylic acids is 1. The van der Waals surface area contributed by atoms with Crippen molar-refractivity contribution in [3.8, 4) is 0 Å². The number of rotatable bonds is 7. The second-order valence-corrected chi connectivity index (χ2v) is 5.68. The van der Waals surface area contributed by atoms with E-state index < -0.39 is 11.9 Å². The molecule has 1 aromatic rings. The third kappa shape index (κ3) is 5.97. The Bertz CT molecular complexity index is 439. The largest absolute Gasteiger partial charge is 0.481 e. The first-order chi connectivity index (χ1) is 9.50. The molecule has 0 heterocycles. The van der Waals surface area contributed by atoms with E-state index in [4.69, 9.17) is 5.11 Å². The Hall–Kier alpha value is -1.69. The fourth-order valence-corrected chi connectivity index (χ4v) is 2.34. The number of nitrogens with zero attached hydrogens (tertiary/aromatic N) is 1. The summed E-state index contributed by atoms with van der Waals surface area (Å²) < 4.78 is 0. The van der Waals surface area contributed by atoms with Crippen LogP contribution in [-0.2, 0) is 4.79 Å². The van der Waals surface area contributed by atoms with Gasteiger partial charge in [0.15, 0.2) is 0 Å². The molecule has 0 saturated carbocycles. The SMILES string of the molecule is CC(CN(C)C(=O)NCCSc1ccccc1)C(=O)O. The van der Waals surface area contributed by atoms with Crippen LogP contribution in [0.15, 0.2) is 35.2 Å². The lowest BCUT2D eigenvalue weighted by molar-refractivity contribution is -0.141. The Morgan fingerprint density at radius 2 is 2.00 bits per heavy atom. The Labute approximate surface area is 123 Å². The Morgan fingerprint density at radius 3 is 2.60 bits per heavy atom. The molecule has 6 heteroatoms. The van der Waals surface area contributed by atoms with Gasteiger partial charge in [-0.05, 0) is 12.1 Å². The van der Waals surface area contributed by atoms with Gasteiger partial charge in [0.05, 0.1) is 5.92 Å². The van der Waals surface area contributed by atoms with E-state index in [1.165, 1.54) is 4.90 Å². The summed E-state index contributed by atoms with van der Waals surface area (Å²) in [5.74, 6) is -0.688. The van der Waals surface area contributed by atoms with Gasteiger partial charge in [0.2, 0.25) is 0 Å². The number of urea groups is 1. The van der Waals surface area contributed by atoms with Gasteiger partial charge < -0.3 is 15.3 Å². The fourth-order valence-electron chi connectivity index (χ4n) is 1.55. The number of nitrogens with one attached hydrogen (secondary N) is 1. The van der Waals surface area contributed by atoms with E-state index in [9.17, 15) is 9.59 Å². The van der Waals surface area contributed by atoms with E-state index in [1.807, 2.05) is 30.3 Å². The highest BCUT2D eigenvalue weighted by Crippen LogP contribution is 2.15. The normalized spacial score (nSPS) is 11.7. The van der Waals surface area contributed by atoms with Gasteiger partial charge in [-0.2, -0.15) is 0 Å². The molecule has 0 bridgehead atoms. The van der Waals surface area contributed by atoms with Crippen LogP contribution in [0.4, 0.5) is 4.79 Å². The highest BCUT2D eigenvalue weighted by atomic mass is 32.2. The van der Waals surface area contributed by atoms with Gasteiger partial charge in [-0.3, -0.25) is 4.79 Å². The summed E-state index contributed by atoms with van der Waals surface area (Å²) in [5.41, 5.74) is 0. The van der Waals surface area contributed by atoms with E-state index >= 15 is 0 Å². The summed E-state index contributed by atoms with van der Waals surface area (Å²) in [4.78, 5) is 25.0. The molecule has 0 aromatic heterocycles. The van der Waals surface area contributed by atoms with E-state index in [0.717, 1.165) is 10.6 Å². The first kappa shape index (κ1) is 16.4. The molecule has 2 amide bonds. The van der Waals surface area contributed by atoms with Gasteiger partial charge in [0.25, 0.3) is 0 Å². The van der Waals surface area contributed by atoms with Crippen LogP contribution in [0.25, 0.3) is 0 Å². The van der Waals surface area contributed by atoms with Crippen LogP contribution in [0.3, 0.4) is 0 Å². The summed E-state index contributed by atoms with van der Waals surface area (Å²) >= 11 is 1.67. The summed E-state index contributed by atoms with van der Waals surface area (Å²) in [5, 5.41) is 11.6. The molecule has 1 aromatic carbocycles. The van der Waals surface area contributed by atoms with Crippen LogP contribution in [0, 0.1) is 5.92 Å². The second kappa shape index (κ2) is 8.47. The Morgan fingerprint density at radius 1 is 1.35 bits per heavy atom. The maximum Gasteiger partial charge on any atom is 0.317 e. The number of carbonyl (C=O) groups excluding carboxylic acids is 1. The zero-order chi connectivity index (χ0) is 15.0. The number of hydrogen-bond donors (Lipinski definition) is 2. The average Bonchev–Trinajstić information content (AvgIpc) is 2.44. The van der Waals surface area contributed by atoms with Crippen molar-refractivity contribution in [1.29, 1.82) is 0 Å². The first-order valence-corrected chi connectivity index (χ1v) is 7.39. The van der Waals surface area contributed by atoms with Crippen LogP contribution in [-0.4, -0.2) is 47.9 Å². The lowest BCUT2D eigenvalue weighted by Gasteiger charge is -2.19. The van der Waals surface area contributed by atoms with E-state index in [0.29, 0.717) is 6.54 Å². The molecule has 0 aliphatic carbocycles. The van der Waals surface area contributed by atoms with Crippen molar-refractivity contribution in [3.05, 3.63) is 30.3 Å². The fraction of sp³-hybridized carbons (Fsp3) is 0.429. The molecule has 0 spiro atoms. The Balaban J connectivity index is 2.21. The second-order valence-electron chi connectivity index (χ2n) is 4.51. The van der Waals surface area contributed by atoms with Crippen LogP contribution in [0.2, 0.25) is 0 Å². The number of hydrogen-bond acceptors (Lipinski definition) is 3. The minimum atomic E-state index is -0.899. The zero-order valence-corrected chi connectivity index (χ0v) is 12.5. The molecule has 5 nitrogen and oxygen atoms in total. The van der Waals surface area contributed by atoms with Gasteiger partial charge in [-0.15, -0.1) is 11.8 Å². The van der Waals surface area contributed by atoms with Crippen LogP contribution in [0.1, 0.15) is 6.92 Å². The summed E-state index contributed by atoms with van der Waals surface area (Å²) in [7, 11) is 1.60. The van der Waals surface area contributed by atoms with Gasteiger partial charge in [-0.1, -0.05) is 25.1 Å². The quantitative estimate of drug-likeness (QED) is 0.597. The molecule has 0 fully saturated rings. The van der Waals surface area contributed by atoms with Crippen LogP contribution >= 0.6 is 11.8 Å². The summed E-state index contributed by atoms with van der Waals surface area (Å²) in [6.07, 6.45) is 0. The van der Waals surface area contributed by atoms with Crippen LogP contribution < -0.4 is 5.32 Å². The number of carboxylic acids is 1. The maximum atomic E-state index is 11.7. The van der Waals surface area contributed by atoms with Crippen molar-refractivity contribution in [2.24, 2.45) is 5.92 Å². The molecule has 0 radical (unpaired) electrons. The summed E-state index contributed by atoms with van der Waals surface area (Å²) in [6, 6.07) is 9.71. The third-order valence-corrected chi connectivity index (χ3v) is 3.72. The molecule has 1 unspecified atom stereocenters. The lowest BCUT2D eigenvalue weighted by Crippen LogP contribution is -2.41. The highest BCUT2D eigenvalue weighted by Gasteiger charge is 2.16. The molecule has 0 aliphatic rings. The Kier molecular flexibility index (Phi) is 6.93. The molecule has 0 saturated heterocycles. The highest BCUT2D eigenvalue weighted by molar-refractivity contribution is 7.99. The molecule has 0 aliphatic heterocycles. The van der Waals surface area contributed by atoms with Crippen molar-refractivity contribution in [2.75, 3.05) is 25.9 Å². The number of benzene rings is 1. The van der Waals surface area contributed by atoms with Gasteiger partial charge >= 0.3 is 12.0 Å². The molecule has 110 valence electrons. The average molecular weight is 296 g/mol. The van der Waals surface area contributed by atoms with Crippen molar-refractivity contribution < 1.29 is 14.7 Å². The van der Waals surface area contributed by atoms with Crippen LogP contribution in [0.5, 0.6) is 0 Å². The summed E-state index contributed by atoms with van der Waals surface area (Å²) in [6.45, 7) is 2.33. The third-order valence-electron chi connectivity index (χ3n) is 2.71. The van der Waals surface area contributed by atoms with E-state index in [1.54, 1.807) is 25.7 Å². The predicted octanol–water partition coefficient (Wildman–Crippen LogP) is 2.14. The minimum absolute atomic E-state index is 0.201. The number of carboxylic acid groups (broad SMARTS) is 1. The first-order valence-electron chi connectivity index (χ1n) is 6.40. The van der Waals surface area contributed by atoms with Gasteiger partial charge in [0, 0.05) is 30.8 Å². The molecular formula is C14H20N2O3S. The monoisotopic (exact) mass is 296 g/mol. The van der Waals surface area contributed by atoms with Gasteiger partial charge in [-0.25, -0.2) is 4.79 Å². The van der Waals surface area contributed by atoms with E-state index in [2.05, 4.69) is 5.32 Å². The van der Waals surface area contributed by atoms with E-state index in [-0.39, 0.29) is 12.6 Å². The molecule has 20 heavy (non-hydrogen) atoms. The minimum Gasteiger partial charge on any atom is -0.481 e. The van der Waals surface area contributed by atoms with Crippen molar-refractivity contribution in [2.45, 2.75) is 11.8 Å². The van der Waals surface area contributed by atoms with Gasteiger partial charge in [0.1, 0.15) is 0 Å². The smallest absolute Gasteiger partial charge is 0.317 e. The lowest BCUT2D eigenvalue weighted by atomic mass is 10.2. The zero-order valence-electron chi connectivity index (χ0n) is 11.7. The molecule has 2 N–H and O–H groups in total. The van der Waals surface area contributed by atoms with Crippen molar-refractivity contribution >= 4 is 23.8 Å². The number of thioether (sulfide) groups is 1.